The molecule has 0 radical (unpaired) electrons. The van der Waals surface area contributed by atoms with Crippen molar-refractivity contribution in [3.63, 3.8) is 0 Å². The monoisotopic (exact) mass is 547 g/mol. The van der Waals surface area contributed by atoms with E-state index in [0.717, 1.165) is 39.0 Å². The Morgan fingerprint density at radius 1 is 1.16 bits per heavy atom. The van der Waals surface area contributed by atoms with E-state index >= 15 is 0 Å². The number of nitrogens with zero attached hydrogens (tertiary/aromatic N) is 4. The van der Waals surface area contributed by atoms with Crippen LogP contribution in [0.15, 0.2) is 17.0 Å². The summed E-state index contributed by atoms with van der Waals surface area (Å²) in [5.41, 5.74) is 1.27. The maximum atomic E-state index is 13.6. The average molecular weight is 548 g/mol. The van der Waals surface area contributed by atoms with Crippen molar-refractivity contribution in [2.45, 2.75) is 44.6 Å². The summed E-state index contributed by atoms with van der Waals surface area (Å²) >= 11 is 0. The van der Waals surface area contributed by atoms with E-state index in [4.69, 9.17) is 9.47 Å². The van der Waals surface area contributed by atoms with Gasteiger partial charge in [-0.05, 0) is 90.2 Å². The first-order valence-electron chi connectivity index (χ1n) is 13.1. The number of carbonyl (C=O) groups is 1. The Labute approximate surface area is 242 Å². The summed E-state index contributed by atoms with van der Waals surface area (Å²) < 4.78 is 39.6. The predicted molar refractivity (Wildman–Crippen MR) is 147 cm³/mol. The fraction of sp³-hybridized carbons (Fsp3) is 0.731. The molecule has 0 aromatic heterocycles. The number of hydrogen-bond acceptors (Lipinski definition) is 7. The number of benzene rings is 1. The van der Waals surface area contributed by atoms with Crippen molar-refractivity contribution < 1.29 is 41.5 Å². The van der Waals surface area contributed by atoms with Gasteiger partial charge in [0.2, 0.25) is 15.9 Å². The zero-order chi connectivity index (χ0) is 27.4. The van der Waals surface area contributed by atoms with Gasteiger partial charge in [0.15, 0.2) is 0 Å². The molecule has 0 bridgehead atoms. The van der Waals surface area contributed by atoms with Gasteiger partial charge in [-0.1, -0.05) is 6.92 Å². The minimum atomic E-state index is -3.76. The van der Waals surface area contributed by atoms with Crippen LogP contribution < -0.4 is 28.9 Å². The Bertz CT molecular complexity index is 940. The van der Waals surface area contributed by atoms with Crippen LogP contribution in [0.5, 0.6) is 5.75 Å². The van der Waals surface area contributed by atoms with Crippen LogP contribution in [0.25, 0.3) is 5.32 Å². The molecule has 0 spiro atoms. The number of rotatable bonds is 16. The first kappa shape index (κ1) is 34.9. The fourth-order valence-corrected chi connectivity index (χ4v) is 6.65. The van der Waals surface area contributed by atoms with Crippen LogP contribution in [0.2, 0.25) is 0 Å². The van der Waals surface area contributed by atoms with Crippen LogP contribution in [0.1, 0.15) is 30.9 Å². The standard InChI is InChI=1S/C26H46N5O5S.Li/c1-7-11-30(13-8-12-29(4)5)14-10-28-25(32)20-36-19-23-18-27-9-15-31(23)37(33,34)26-21(2)16-24(35-6)17-22(26)3;/h16-17,23H,7-15,18-20H2,1-6H3,(H,28,32);/q-1;+1. The van der Waals surface area contributed by atoms with E-state index in [9.17, 15) is 13.2 Å². The molecule has 10 nitrogen and oxygen atoms in total. The quantitative estimate of drug-likeness (QED) is 0.261. The van der Waals surface area contributed by atoms with Crippen molar-refractivity contribution in [1.29, 1.82) is 0 Å². The van der Waals surface area contributed by atoms with Gasteiger partial charge in [0.25, 0.3) is 0 Å². The molecule has 1 amide bonds. The van der Waals surface area contributed by atoms with Crippen molar-refractivity contribution >= 4 is 15.9 Å². The van der Waals surface area contributed by atoms with Gasteiger partial charge in [0, 0.05) is 19.1 Å². The van der Waals surface area contributed by atoms with E-state index < -0.39 is 16.1 Å². The normalized spacial score (nSPS) is 16.5. The van der Waals surface area contributed by atoms with E-state index in [1.807, 2.05) is 0 Å². The van der Waals surface area contributed by atoms with Crippen LogP contribution in [0, 0.1) is 13.8 Å². The number of sulfonamides is 1. The molecule has 1 heterocycles. The molecular weight excluding hydrogens is 501 g/mol. The number of ether oxygens (including phenoxy) is 2. The molecular formula is C26H46LiN5O5S. The molecule has 212 valence electrons. The van der Waals surface area contributed by atoms with Crippen molar-refractivity contribution in [3.8, 4) is 5.75 Å². The Kier molecular flexibility index (Phi) is 16.1. The fourth-order valence-electron chi connectivity index (χ4n) is 4.64. The summed E-state index contributed by atoms with van der Waals surface area (Å²) in [7, 11) is 1.94. The zero-order valence-electron chi connectivity index (χ0n) is 24.5. The number of carbonyl (C=O) groups excluding carboxylic acids is 1. The molecule has 1 aliphatic rings. The van der Waals surface area contributed by atoms with E-state index in [0.29, 0.717) is 41.4 Å². The van der Waals surface area contributed by atoms with Crippen molar-refractivity contribution in [2.24, 2.45) is 0 Å². The summed E-state index contributed by atoms with van der Waals surface area (Å²) in [6.07, 6.45) is 2.16. The van der Waals surface area contributed by atoms with Gasteiger partial charge in [-0.2, -0.15) is 4.31 Å². The topological polar surface area (TPSA) is 106 Å². The Balaban J connectivity index is 0.00000722. The molecule has 1 atom stereocenters. The van der Waals surface area contributed by atoms with Crippen LogP contribution in [-0.4, -0.2) is 121 Å². The molecule has 38 heavy (non-hydrogen) atoms. The molecule has 1 aromatic rings. The smallest absolute Gasteiger partial charge is 0.660 e. The summed E-state index contributed by atoms with van der Waals surface area (Å²) in [5, 5.41) is 7.31. The molecule has 2 rings (SSSR count). The number of nitrogens with one attached hydrogen (secondary N) is 1. The molecule has 12 heteroatoms. The van der Waals surface area contributed by atoms with Crippen LogP contribution in [0.3, 0.4) is 0 Å². The van der Waals surface area contributed by atoms with Gasteiger partial charge in [-0.25, -0.2) is 8.42 Å². The summed E-state index contributed by atoms with van der Waals surface area (Å²) in [6, 6.07) is 3.01. The van der Waals surface area contributed by atoms with Crippen molar-refractivity contribution in [2.75, 3.05) is 86.8 Å². The first-order chi connectivity index (χ1) is 17.6. The molecule has 1 N–H and O–H groups in total. The molecule has 0 aliphatic carbocycles. The predicted octanol–water partition coefficient (Wildman–Crippen LogP) is -1.14. The second-order valence-electron chi connectivity index (χ2n) is 9.85. The van der Waals surface area contributed by atoms with Crippen LogP contribution >= 0.6 is 0 Å². The minimum absolute atomic E-state index is 0. The minimum Gasteiger partial charge on any atom is -0.660 e. The number of piperazine rings is 1. The molecule has 1 aromatic carbocycles. The van der Waals surface area contributed by atoms with Crippen LogP contribution in [0.4, 0.5) is 0 Å². The molecule has 1 aliphatic heterocycles. The van der Waals surface area contributed by atoms with Gasteiger partial charge in [0.05, 0.1) is 18.6 Å². The summed E-state index contributed by atoms with van der Waals surface area (Å²) in [5.74, 6) is 0.425. The number of hydrogen-bond donors (Lipinski definition) is 1. The number of amides is 1. The second kappa shape index (κ2) is 17.5. The average Bonchev–Trinajstić information content (AvgIpc) is 2.83. The molecule has 0 saturated carbocycles. The Morgan fingerprint density at radius 3 is 2.45 bits per heavy atom. The van der Waals surface area contributed by atoms with E-state index in [2.05, 4.69) is 41.5 Å². The third-order valence-electron chi connectivity index (χ3n) is 6.37. The first-order valence-corrected chi connectivity index (χ1v) is 14.6. The SMILES string of the molecule is CCCN(CCCN(C)C)CCNC(=O)COCC1C[N-]CCN1S(=O)(=O)c1c(C)cc(OC)cc1C.[Li+]. The van der Waals surface area contributed by atoms with Crippen LogP contribution in [-0.2, 0) is 19.6 Å². The van der Waals surface area contributed by atoms with Gasteiger partial charge in [-0.15, -0.1) is 13.1 Å². The number of aryl methyl sites for hydroxylation is 2. The molecule has 1 unspecified atom stereocenters. The van der Waals surface area contributed by atoms with Gasteiger partial charge >= 0.3 is 18.9 Å². The number of methoxy groups -OCH3 is 1. The van der Waals surface area contributed by atoms with Gasteiger partial charge < -0.3 is 29.9 Å². The van der Waals surface area contributed by atoms with Gasteiger partial charge in [0.1, 0.15) is 12.4 Å². The third kappa shape index (κ3) is 10.8. The van der Waals surface area contributed by atoms with E-state index in [-0.39, 0.29) is 44.5 Å². The van der Waals surface area contributed by atoms with Crippen molar-refractivity contribution in [1.82, 2.24) is 19.4 Å². The summed E-state index contributed by atoms with van der Waals surface area (Å²) in [4.78, 5) is 17.2. The van der Waals surface area contributed by atoms with E-state index in [1.54, 1.807) is 33.1 Å². The molecule has 1 fully saturated rings. The molecule has 1 saturated heterocycles. The maximum Gasteiger partial charge on any atom is 1.00 e. The van der Waals surface area contributed by atoms with Crippen molar-refractivity contribution in [3.05, 3.63) is 28.6 Å². The maximum absolute atomic E-state index is 13.6. The third-order valence-corrected chi connectivity index (χ3v) is 8.63. The summed E-state index contributed by atoms with van der Waals surface area (Å²) in [6.45, 7) is 11.2. The largest absolute Gasteiger partial charge is 1.00 e. The Morgan fingerprint density at radius 2 is 1.84 bits per heavy atom. The second-order valence-corrected chi connectivity index (χ2v) is 11.7. The van der Waals surface area contributed by atoms with Gasteiger partial charge in [-0.3, -0.25) is 4.79 Å². The van der Waals surface area contributed by atoms with E-state index in [1.165, 1.54) is 4.31 Å². The Hall–Kier alpha value is -1.16. The zero-order valence-corrected chi connectivity index (χ0v) is 25.3.